The summed E-state index contributed by atoms with van der Waals surface area (Å²) in [6.07, 6.45) is 5.01. The summed E-state index contributed by atoms with van der Waals surface area (Å²) in [5, 5.41) is 1.98. The molecule has 2 N–H and O–H groups in total. The highest BCUT2D eigenvalue weighted by Gasteiger charge is 2.23. The maximum absolute atomic E-state index is 6.42. The third-order valence-electron chi connectivity index (χ3n) is 7.65. The Balaban J connectivity index is 1.22. The number of fused-ring (bicyclic) bond motifs is 1. The van der Waals surface area contributed by atoms with Gasteiger partial charge in [-0.1, -0.05) is 42.5 Å². The minimum atomic E-state index is 0.343. The lowest BCUT2D eigenvalue weighted by Gasteiger charge is -2.36. The van der Waals surface area contributed by atoms with Crippen LogP contribution in [0, 0.1) is 6.92 Å². The zero-order valence-electron chi connectivity index (χ0n) is 23.3. The molecule has 0 amide bonds. The molecule has 7 heteroatoms. The van der Waals surface area contributed by atoms with E-state index in [1.54, 1.807) is 20.4 Å². The minimum Gasteiger partial charge on any atom is -0.495 e. The predicted octanol–water partition coefficient (Wildman–Crippen LogP) is 5.98. The van der Waals surface area contributed by atoms with E-state index in [2.05, 4.69) is 58.1 Å². The van der Waals surface area contributed by atoms with Crippen LogP contribution in [0.4, 0.5) is 17.3 Å². The van der Waals surface area contributed by atoms with Crippen molar-refractivity contribution in [1.29, 1.82) is 0 Å². The van der Waals surface area contributed by atoms with Crippen LogP contribution in [0.15, 0.2) is 82.4 Å². The van der Waals surface area contributed by atoms with Crippen LogP contribution in [0.1, 0.15) is 24.0 Å². The molecule has 2 heterocycles. The highest BCUT2D eigenvalue weighted by Crippen LogP contribution is 2.39. The molecule has 39 heavy (non-hydrogen) atoms. The number of para-hydroxylation sites is 1. The number of hydrogen-bond donors (Lipinski definition) is 1. The SMILES string of the molecule is CN=C(N)N(c1cc(CCCCN2CCN(c3ccccc3C)CC2)ccc1OC)c1occ2ccccc12. The first-order valence-electron chi connectivity index (χ1n) is 13.8. The van der Waals surface area contributed by atoms with Crippen LogP contribution in [0.3, 0.4) is 0 Å². The first-order chi connectivity index (χ1) is 19.1. The molecule has 0 spiro atoms. The van der Waals surface area contributed by atoms with E-state index < -0.39 is 0 Å². The number of nitrogens with zero attached hydrogens (tertiary/aromatic N) is 4. The van der Waals surface area contributed by atoms with Gasteiger partial charge >= 0.3 is 0 Å². The van der Waals surface area contributed by atoms with Gasteiger partial charge in [0.25, 0.3) is 0 Å². The molecule has 1 aromatic heterocycles. The normalized spacial score (nSPS) is 14.6. The number of methoxy groups -OCH3 is 1. The summed E-state index contributed by atoms with van der Waals surface area (Å²) in [7, 11) is 3.36. The Kier molecular flexibility index (Phi) is 8.37. The van der Waals surface area contributed by atoms with Crippen LogP contribution < -0.4 is 20.3 Å². The van der Waals surface area contributed by atoms with E-state index in [0.717, 1.165) is 74.2 Å². The van der Waals surface area contributed by atoms with Gasteiger partial charge in [0.15, 0.2) is 0 Å². The quantitative estimate of drug-likeness (QED) is 0.165. The summed E-state index contributed by atoms with van der Waals surface area (Å²) in [6.45, 7) is 7.73. The summed E-state index contributed by atoms with van der Waals surface area (Å²) in [5.41, 5.74) is 11.2. The molecular formula is C32H39N5O2. The van der Waals surface area contributed by atoms with E-state index in [0.29, 0.717) is 11.8 Å². The summed E-state index contributed by atoms with van der Waals surface area (Å²) in [5.74, 6) is 1.70. The number of furan rings is 1. The van der Waals surface area contributed by atoms with Crippen molar-refractivity contribution in [3.63, 3.8) is 0 Å². The second-order valence-electron chi connectivity index (χ2n) is 10.1. The minimum absolute atomic E-state index is 0.343. The number of hydrogen-bond acceptors (Lipinski definition) is 5. The van der Waals surface area contributed by atoms with Gasteiger partial charge in [0.1, 0.15) is 12.0 Å². The number of aryl methyl sites for hydroxylation is 2. The predicted molar refractivity (Wildman–Crippen MR) is 162 cm³/mol. The maximum Gasteiger partial charge on any atom is 0.214 e. The molecule has 1 aliphatic heterocycles. The Bertz CT molecular complexity index is 1420. The Labute approximate surface area is 231 Å². The highest BCUT2D eigenvalue weighted by molar-refractivity contribution is 6.08. The maximum atomic E-state index is 6.42. The molecule has 0 atom stereocenters. The van der Waals surface area contributed by atoms with Gasteiger partial charge in [0, 0.05) is 49.7 Å². The van der Waals surface area contributed by atoms with Crippen molar-refractivity contribution in [2.45, 2.75) is 26.2 Å². The fourth-order valence-corrected chi connectivity index (χ4v) is 5.45. The van der Waals surface area contributed by atoms with Crippen molar-refractivity contribution < 1.29 is 9.15 Å². The second-order valence-corrected chi connectivity index (χ2v) is 10.1. The summed E-state index contributed by atoms with van der Waals surface area (Å²) >= 11 is 0. The van der Waals surface area contributed by atoms with Gasteiger partial charge in [0.2, 0.25) is 11.8 Å². The number of rotatable bonds is 9. The van der Waals surface area contributed by atoms with Crippen LogP contribution in [-0.4, -0.2) is 57.7 Å². The van der Waals surface area contributed by atoms with Gasteiger partial charge < -0.3 is 19.8 Å². The lowest BCUT2D eigenvalue weighted by molar-refractivity contribution is 0.253. The van der Waals surface area contributed by atoms with E-state index in [9.17, 15) is 0 Å². The Morgan fingerprint density at radius 1 is 1.00 bits per heavy atom. The lowest BCUT2D eigenvalue weighted by atomic mass is 10.1. The molecule has 0 radical (unpaired) electrons. The topological polar surface area (TPSA) is 70.5 Å². The Morgan fingerprint density at radius 2 is 1.77 bits per heavy atom. The lowest BCUT2D eigenvalue weighted by Crippen LogP contribution is -2.46. The summed E-state index contributed by atoms with van der Waals surface area (Å²) in [6, 6.07) is 23.0. The average molecular weight is 526 g/mol. The zero-order valence-corrected chi connectivity index (χ0v) is 23.3. The number of guanidine groups is 1. The number of benzene rings is 3. The van der Waals surface area contributed by atoms with Crippen molar-refractivity contribution in [2.75, 3.05) is 56.7 Å². The van der Waals surface area contributed by atoms with E-state index >= 15 is 0 Å². The van der Waals surface area contributed by atoms with Crippen molar-refractivity contribution in [2.24, 2.45) is 10.7 Å². The van der Waals surface area contributed by atoms with E-state index in [1.807, 2.05) is 35.2 Å². The van der Waals surface area contributed by atoms with E-state index in [-0.39, 0.29) is 0 Å². The van der Waals surface area contributed by atoms with E-state index in [4.69, 9.17) is 14.9 Å². The molecule has 204 valence electrons. The van der Waals surface area contributed by atoms with Gasteiger partial charge in [-0.05, 0) is 68.1 Å². The summed E-state index contributed by atoms with van der Waals surface area (Å²) < 4.78 is 11.7. The molecule has 4 aromatic rings. The van der Waals surface area contributed by atoms with Gasteiger partial charge in [-0.2, -0.15) is 0 Å². The monoisotopic (exact) mass is 525 g/mol. The molecule has 0 bridgehead atoms. The van der Waals surface area contributed by atoms with Gasteiger partial charge in [-0.3, -0.25) is 9.89 Å². The number of ether oxygens (including phenoxy) is 1. The molecule has 5 rings (SSSR count). The molecule has 1 fully saturated rings. The molecule has 7 nitrogen and oxygen atoms in total. The third kappa shape index (κ3) is 5.88. The number of aliphatic imine (C=N–C) groups is 1. The van der Waals surface area contributed by atoms with Gasteiger partial charge in [-0.25, -0.2) is 4.90 Å². The second kappa shape index (κ2) is 12.3. The Hall–Kier alpha value is -3.97. The van der Waals surface area contributed by atoms with Gasteiger partial charge in [-0.15, -0.1) is 0 Å². The molecule has 1 aliphatic rings. The fraction of sp³-hybridized carbons (Fsp3) is 0.344. The number of piperazine rings is 1. The third-order valence-corrected chi connectivity index (χ3v) is 7.65. The average Bonchev–Trinajstić information content (AvgIpc) is 3.40. The smallest absolute Gasteiger partial charge is 0.214 e. The van der Waals surface area contributed by atoms with Crippen molar-refractivity contribution in [3.05, 3.63) is 84.1 Å². The molecule has 0 unspecified atom stereocenters. The van der Waals surface area contributed by atoms with Crippen molar-refractivity contribution in [3.8, 4) is 5.75 Å². The highest BCUT2D eigenvalue weighted by atomic mass is 16.5. The molecular weight excluding hydrogens is 486 g/mol. The molecule has 0 aliphatic carbocycles. The van der Waals surface area contributed by atoms with Crippen LogP contribution in [-0.2, 0) is 6.42 Å². The summed E-state index contributed by atoms with van der Waals surface area (Å²) in [4.78, 5) is 11.2. The van der Waals surface area contributed by atoms with Crippen LogP contribution in [0.2, 0.25) is 0 Å². The largest absolute Gasteiger partial charge is 0.495 e. The standard InChI is InChI=1S/C32H39N5O2/c1-24-10-4-7-14-28(24)36-20-18-35(19-21-36)17-9-8-11-25-15-16-30(38-3)29(22-25)37(32(33)34-2)31-27-13-6-5-12-26(27)23-39-31/h4-7,10,12-16,22-23H,8-9,11,17-21H2,1-3H3,(H2,33,34). The van der Waals surface area contributed by atoms with Gasteiger partial charge in [0.05, 0.1) is 12.8 Å². The number of anilines is 3. The first-order valence-corrected chi connectivity index (χ1v) is 13.8. The number of unbranched alkanes of at least 4 members (excludes halogenated alkanes) is 1. The van der Waals surface area contributed by atoms with E-state index in [1.165, 1.54) is 16.8 Å². The fourth-order valence-electron chi connectivity index (χ4n) is 5.45. The van der Waals surface area contributed by atoms with Crippen molar-refractivity contribution >= 4 is 34.0 Å². The molecule has 0 saturated carbocycles. The first kappa shape index (κ1) is 26.6. The Morgan fingerprint density at radius 3 is 2.54 bits per heavy atom. The van der Waals surface area contributed by atoms with Crippen LogP contribution >= 0.6 is 0 Å². The number of nitrogens with two attached hydrogens (primary N) is 1. The molecule has 3 aromatic carbocycles. The van der Waals surface area contributed by atoms with Crippen molar-refractivity contribution in [1.82, 2.24) is 4.90 Å². The van der Waals surface area contributed by atoms with Crippen LogP contribution in [0.25, 0.3) is 10.8 Å². The van der Waals surface area contributed by atoms with Crippen LogP contribution in [0.5, 0.6) is 5.75 Å². The zero-order chi connectivity index (χ0) is 27.2. The molecule has 1 saturated heterocycles.